The largest absolute Gasteiger partial charge is 2.00 e. The normalized spacial score (nSPS) is 8.52. The predicted octanol–water partition coefficient (Wildman–Crippen LogP) is 4.88. The van der Waals surface area contributed by atoms with Gasteiger partial charge in [0, 0.05) is 169 Å². The molecule has 0 bridgehead atoms. The zero-order valence-corrected chi connectivity index (χ0v) is 39.7. The first kappa shape index (κ1) is 43.0. The molecule has 3 heterocycles. The van der Waals surface area contributed by atoms with E-state index in [1.54, 1.807) is 0 Å². The average Bonchev–Trinajstić information content (AvgIpc) is 3.13. The summed E-state index contributed by atoms with van der Waals surface area (Å²) in [5.74, 6) is 0. The van der Waals surface area contributed by atoms with Crippen molar-refractivity contribution in [2.75, 3.05) is 0 Å². The van der Waals surface area contributed by atoms with Crippen LogP contribution in [0.25, 0.3) is 32.4 Å². The van der Waals surface area contributed by atoms with Gasteiger partial charge in [-0.2, -0.15) is 6.07 Å². The SMILES string of the molecule is [CH2-]Cn1c(-c2[c-]c3c[c-][nH]c3cc2)c(C)c2sc(C)cc21.[W+2].[W].[W].[W].[W].[W].[W].[Y]. The van der Waals surface area contributed by atoms with E-state index in [9.17, 15) is 0 Å². The molecule has 1 radical (unpaired) electrons. The van der Waals surface area contributed by atoms with Gasteiger partial charge in [0.1, 0.15) is 0 Å². The minimum atomic E-state index is 0. The molecule has 0 saturated heterocycles. The van der Waals surface area contributed by atoms with E-state index in [2.05, 4.69) is 60.8 Å². The third kappa shape index (κ3) is 8.82. The number of aromatic amines is 1. The molecule has 0 fully saturated rings. The second-order valence-electron chi connectivity index (χ2n) is 5.31. The van der Waals surface area contributed by atoms with Crippen molar-refractivity contribution in [3.05, 3.63) is 53.9 Å². The standard InChI is InChI=1S/C18H15N2S.7W.Y/c1-4-20-16-9-11(2)21-18(16)12(3)17(20)14-5-6-15-13(10-14)7-8-19-15;;;;;;;;/h5-7,9,19H,1,4H2,2-3H3;;;;;;;;/q-3;;;;;;;+2;. The van der Waals surface area contributed by atoms with Crippen molar-refractivity contribution >= 4 is 32.5 Å². The summed E-state index contributed by atoms with van der Waals surface area (Å²) in [6.45, 7) is 9.18. The maximum atomic E-state index is 4.11. The van der Waals surface area contributed by atoms with Crippen LogP contribution in [0.4, 0.5) is 0 Å². The van der Waals surface area contributed by atoms with Crippen LogP contribution in [0.15, 0.2) is 24.3 Å². The molecule has 0 aliphatic rings. The van der Waals surface area contributed by atoms with E-state index >= 15 is 0 Å². The van der Waals surface area contributed by atoms with Gasteiger partial charge in [-0.15, -0.1) is 47.3 Å². The third-order valence-corrected chi connectivity index (χ3v) is 5.13. The van der Waals surface area contributed by atoms with Crippen LogP contribution in [0.1, 0.15) is 10.4 Å². The van der Waals surface area contributed by atoms with Crippen molar-refractivity contribution in [3.8, 4) is 11.3 Å². The molecule has 2 nitrogen and oxygen atoms in total. The molecule has 4 aromatic rings. The van der Waals surface area contributed by atoms with E-state index in [1.165, 1.54) is 26.4 Å². The van der Waals surface area contributed by atoms with Gasteiger partial charge in [0.2, 0.25) is 0 Å². The minimum Gasteiger partial charge on any atom is -0.486 e. The first-order chi connectivity index (χ1) is 10.2. The van der Waals surface area contributed by atoms with Crippen molar-refractivity contribution in [2.45, 2.75) is 20.4 Å². The van der Waals surface area contributed by atoms with E-state index in [4.69, 9.17) is 0 Å². The van der Waals surface area contributed by atoms with Gasteiger partial charge in [-0.1, -0.05) is 0 Å². The molecule has 0 aliphatic heterocycles. The number of thiophene rings is 1. The molecule has 0 atom stereocenters. The number of hydrogen-bond acceptors (Lipinski definition) is 1. The fourth-order valence-corrected chi connectivity index (χ4v) is 4.05. The Bertz CT molecular complexity index is 981. The zero-order chi connectivity index (χ0) is 14.6. The van der Waals surface area contributed by atoms with Gasteiger partial charge in [0.25, 0.3) is 0 Å². The van der Waals surface area contributed by atoms with Crippen molar-refractivity contribution in [1.82, 2.24) is 9.55 Å². The maximum absolute atomic E-state index is 4.11. The van der Waals surface area contributed by atoms with Crippen molar-refractivity contribution < 1.29 is 180 Å². The summed E-state index contributed by atoms with van der Waals surface area (Å²) in [5, 5.41) is 1.07. The average molecular weight is 1670 g/mol. The Morgan fingerprint density at radius 1 is 1.07 bits per heavy atom. The minimum absolute atomic E-state index is 0. The molecule has 0 spiro atoms. The third-order valence-electron chi connectivity index (χ3n) is 3.97. The Morgan fingerprint density at radius 2 is 1.69 bits per heavy atom. The smallest absolute Gasteiger partial charge is 0.486 e. The van der Waals surface area contributed by atoms with Gasteiger partial charge in [0.05, 0.1) is 5.52 Å². The summed E-state index contributed by atoms with van der Waals surface area (Å²) < 4.78 is 3.66. The molecule has 0 aliphatic carbocycles. The molecule has 0 saturated carbocycles. The van der Waals surface area contributed by atoms with Gasteiger partial charge < -0.3 is 16.5 Å². The number of aromatic nitrogens is 2. The van der Waals surface area contributed by atoms with Crippen LogP contribution < -0.4 is 0 Å². The first-order valence-electron chi connectivity index (χ1n) is 6.99. The number of fused-ring (bicyclic) bond motifs is 2. The van der Waals surface area contributed by atoms with E-state index in [0.29, 0.717) is 0 Å². The van der Waals surface area contributed by atoms with Gasteiger partial charge >= 0.3 is 21.1 Å². The monoisotopic (exact) mass is 1670 g/mol. The van der Waals surface area contributed by atoms with Gasteiger partial charge in [-0.05, 0) is 31.2 Å². The number of hydrogen-bond donors (Lipinski definition) is 1. The molecule has 149 valence electrons. The van der Waals surface area contributed by atoms with Crippen LogP contribution in [0, 0.1) is 33.0 Å². The van der Waals surface area contributed by atoms with Crippen molar-refractivity contribution in [3.63, 3.8) is 0 Å². The summed E-state index contributed by atoms with van der Waals surface area (Å²) >= 11 is 1.85. The number of H-pyrrole nitrogens is 1. The Morgan fingerprint density at radius 3 is 2.28 bits per heavy atom. The summed E-state index contributed by atoms with van der Waals surface area (Å²) in [6.07, 6.45) is 3.02. The quantitative estimate of drug-likeness (QED) is 0.277. The Labute approximate surface area is 302 Å². The van der Waals surface area contributed by atoms with Gasteiger partial charge in [-0.25, -0.2) is 11.5 Å². The fraction of sp³-hybridized carbons (Fsp3) is 0.167. The van der Waals surface area contributed by atoms with Crippen molar-refractivity contribution in [2.24, 2.45) is 0 Å². The first-order valence-corrected chi connectivity index (χ1v) is 7.80. The van der Waals surface area contributed by atoms with Crippen LogP contribution >= 0.6 is 11.3 Å². The molecule has 4 rings (SSSR count). The van der Waals surface area contributed by atoms with Crippen molar-refractivity contribution in [1.29, 1.82) is 0 Å². The molecule has 0 unspecified atom stereocenters. The summed E-state index contributed by atoms with van der Waals surface area (Å²) in [6, 6.07) is 11.9. The van der Waals surface area contributed by atoms with E-state index in [-0.39, 0.29) is 180 Å². The Kier molecular flexibility index (Phi) is 28.4. The summed E-state index contributed by atoms with van der Waals surface area (Å²) in [5.41, 5.74) is 6.03. The van der Waals surface area contributed by atoms with Crippen LogP contribution in [0.2, 0.25) is 0 Å². The maximum Gasteiger partial charge on any atom is 2.00 e. The number of rotatable bonds is 2. The second kappa shape index (κ2) is 19.2. The van der Waals surface area contributed by atoms with Crippen LogP contribution in [0.5, 0.6) is 0 Å². The fourth-order valence-electron chi connectivity index (χ4n) is 3.04. The number of benzene rings is 1. The molecular formula is C18H15N2SW7Y-. The Balaban J connectivity index is -0.000000240. The van der Waals surface area contributed by atoms with Crippen LogP contribution in [-0.4, -0.2) is 9.55 Å². The van der Waals surface area contributed by atoms with E-state index in [0.717, 1.165) is 23.0 Å². The molecule has 0 amide bonds. The number of nitrogens with zero attached hydrogens (tertiary/aromatic N) is 1. The number of aryl methyl sites for hydroxylation is 2. The Hall–Kier alpha value is 3.92. The van der Waals surface area contributed by atoms with Crippen LogP contribution in [-0.2, 0) is 187 Å². The predicted molar refractivity (Wildman–Crippen MR) is 89.6 cm³/mol. The van der Waals surface area contributed by atoms with Gasteiger partial charge in [-0.3, -0.25) is 0 Å². The molecule has 3 aromatic heterocycles. The topological polar surface area (TPSA) is 20.7 Å². The molecule has 1 N–H and O–H groups in total. The summed E-state index contributed by atoms with van der Waals surface area (Å²) in [4.78, 5) is 4.44. The molecule has 1 aromatic carbocycles. The van der Waals surface area contributed by atoms with E-state index in [1.807, 2.05) is 17.4 Å². The van der Waals surface area contributed by atoms with Gasteiger partial charge in [0.15, 0.2) is 0 Å². The molecule has 11 heteroatoms. The van der Waals surface area contributed by atoms with Crippen LogP contribution in [0.3, 0.4) is 0 Å². The molecule has 29 heavy (non-hydrogen) atoms. The zero-order valence-electron chi connectivity index (χ0n) is 15.5. The van der Waals surface area contributed by atoms with E-state index < -0.39 is 0 Å². The summed E-state index contributed by atoms with van der Waals surface area (Å²) in [7, 11) is 0. The molecular weight excluding hydrogens is 1650 g/mol. The second-order valence-corrected chi connectivity index (χ2v) is 6.57. The number of nitrogens with one attached hydrogen (secondary N) is 1.